The normalized spacial score (nSPS) is 8.10. The van der Waals surface area contributed by atoms with Gasteiger partial charge in [0, 0.05) is 0 Å². The summed E-state index contributed by atoms with van der Waals surface area (Å²) < 4.78 is 0. The Morgan fingerprint density at radius 1 is 1.20 bits per heavy atom. The average molecular weight is 338 g/mol. The van der Waals surface area contributed by atoms with Crippen LogP contribution in [0.3, 0.4) is 0 Å². The fourth-order valence-corrected chi connectivity index (χ4v) is 0.833. The molecule has 0 amide bonds. The first-order valence-electron chi connectivity index (χ1n) is 2.38. The summed E-state index contributed by atoms with van der Waals surface area (Å²) >= 11 is 14.7. The molecular formula is C6H3Cl2IZn. The zero-order valence-electron chi connectivity index (χ0n) is 5.07. The Bertz CT molecular complexity index is 176. The summed E-state index contributed by atoms with van der Waals surface area (Å²) in [6.07, 6.45) is 0. The van der Waals surface area contributed by atoms with Crippen molar-refractivity contribution in [3.8, 4) is 0 Å². The molecule has 10 heavy (non-hydrogen) atoms. The molecular weight excluding hydrogens is 335 g/mol. The molecule has 0 fully saturated rings. The topological polar surface area (TPSA) is 0 Å². The van der Waals surface area contributed by atoms with Gasteiger partial charge in [0.05, 0.1) is 0 Å². The Balaban J connectivity index is 0.000000371. The molecule has 0 saturated carbocycles. The van der Waals surface area contributed by atoms with Gasteiger partial charge in [-0.1, -0.05) is 10.0 Å². The van der Waals surface area contributed by atoms with Gasteiger partial charge >= 0.3 is 34.5 Å². The molecule has 0 aliphatic carbocycles. The number of halogens is 3. The van der Waals surface area contributed by atoms with Crippen molar-refractivity contribution in [2.24, 2.45) is 0 Å². The fourth-order valence-electron chi connectivity index (χ4n) is 0.416. The molecule has 0 aliphatic heterocycles. The predicted molar refractivity (Wildman–Crippen MR) is 49.3 cm³/mol. The van der Waals surface area contributed by atoms with Gasteiger partial charge in [-0.25, -0.2) is 0 Å². The third-order valence-corrected chi connectivity index (χ3v) is 1.15. The van der Waals surface area contributed by atoms with Gasteiger partial charge in [0.15, 0.2) is 0 Å². The molecule has 1 aromatic carbocycles. The van der Waals surface area contributed by atoms with Crippen molar-refractivity contribution in [1.29, 1.82) is 0 Å². The second kappa shape index (κ2) is 6.84. The van der Waals surface area contributed by atoms with Crippen LogP contribution in [0, 0.1) is 6.07 Å². The van der Waals surface area contributed by atoms with E-state index in [1.807, 2.05) is 0 Å². The van der Waals surface area contributed by atoms with Gasteiger partial charge in [-0.2, -0.15) is 41.4 Å². The van der Waals surface area contributed by atoms with Crippen molar-refractivity contribution in [2.75, 3.05) is 0 Å². The van der Waals surface area contributed by atoms with Gasteiger partial charge in [-0.15, -0.1) is 6.07 Å². The first-order chi connectivity index (χ1) is 4.79. The molecule has 0 nitrogen and oxygen atoms in total. The molecule has 0 spiro atoms. The van der Waals surface area contributed by atoms with E-state index < -0.39 is 0 Å². The van der Waals surface area contributed by atoms with Gasteiger partial charge in [0.1, 0.15) is 0 Å². The molecule has 0 heterocycles. The van der Waals surface area contributed by atoms with Gasteiger partial charge < -0.3 is 0 Å². The third kappa shape index (κ3) is 4.89. The molecule has 0 aliphatic rings. The zero-order chi connectivity index (χ0) is 7.98. The molecule has 1 aromatic rings. The van der Waals surface area contributed by atoms with E-state index in [1.165, 1.54) is 14.8 Å². The van der Waals surface area contributed by atoms with Crippen LogP contribution >= 0.6 is 43.0 Å². The summed E-state index contributed by atoms with van der Waals surface area (Å²) in [7, 11) is 0. The zero-order valence-corrected chi connectivity index (χ0v) is 11.7. The predicted octanol–water partition coefficient (Wildman–Crippen LogP) is 3.68. The van der Waals surface area contributed by atoms with Crippen LogP contribution in [0.5, 0.6) is 0 Å². The molecule has 50 valence electrons. The van der Waals surface area contributed by atoms with Crippen LogP contribution in [0.4, 0.5) is 0 Å². The van der Waals surface area contributed by atoms with Gasteiger partial charge in [0.2, 0.25) is 0 Å². The first-order valence-corrected chi connectivity index (χ1v) is 12.2. The standard InChI is InChI=1S/C6H3Cl2.HI.Zn/c7-5-2-1-3-6(8)4-5;;/h2-4H;1H;/q-1;;+2/p-1. The van der Waals surface area contributed by atoms with Crippen LogP contribution in [0.2, 0.25) is 10.0 Å². The molecule has 1 rings (SSSR count). The Kier molecular flexibility index (Phi) is 7.63. The van der Waals surface area contributed by atoms with E-state index in [1.54, 1.807) is 18.2 Å². The number of hydrogen-bond acceptors (Lipinski definition) is 0. The van der Waals surface area contributed by atoms with E-state index in [-0.39, 0.29) is 0 Å². The van der Waals surface area contributed by atoms with Crippen LogP contribution in [-0.4, -0.2) is 0 Å². The quantitative estimate of drug-likeness (QED) is 0.385. The molecule has 4 heteroatoms. The second-order valence-corrected chi connectivity index (χ2v) is 2.24. The first kappa shape index (κ1) is 11.2. The third-order valence-electron chi connectivity index (χ3n) is 0.718. The van der Waals surface area contributed by atoms with Crippen molar-refractivity contribution in [3.63, 3.8) is 0 Å². The van der Waals surface area contributed by atoms with Crippen LogP contribution < -0.4 is 0 Å². The van der Waals surface area contributed by atoms with E-state index in [2.05, 4.69) is 25.8 Å². The molecule has 0 aromatic heterocycles. The van der Waals surface area contributed by atoms with Crippen LogP contribution in [0.15, 0.2) is 18.2 Å². The average Bonchev–Trinajstić information content (AvgIpc) is 1.91. The molecule has 0 atom stereocenters. The van der Waals surface area contributed by atoms with E-state index in [0.29, 0.717) is 10.0 Å². The summed E-state index contributed by atoms with van der Waals surface area (Å²) in [5.74, 6) is 0. The summed E-state index contributed by atoms with van der Waals surface area (Å²) in [6.45, 7) is 0. The molecule has 0 saturated heterocycles. The van der Waals surface area contributed by atoms with Crippen LogP contribution in [0.25, 0.3) is 0 Å². The summed E-state index contributed by atoms with van der Waals surface area (Å²) in [5.41, 5.74) is 0. The summed E-state index contributed by atoms with van der Waals surface area (Å²) in [5, 5.41) is 1.25. The molecule has 0 N–H and O–H groups in total. The Labute approximate surface area is 91.1 Å². The second-order valence-electron chi connectivity index (χ2n) is 1.37. The Morgan fingerprint density at radius 3 is 1.80 bits per heavy atom. The van der Waals surface area contributed by atoms with E-state index in [4.69, 9.17) is 23.2 Å². The maximum absolute atomic E-state index is 5.53. The van der Waals surface area contributed by atoms with Crippen LogP contribution in [-0.2, 0) is 14.8 Å². The van der Waals surface area contributed by atoms with E-state index in [0.717, 1.165) is 0 Å². The Hall–Kier alpha value is 1.15. The van der Waals surface area contributed by atoms with Gasteiger partial charge in [-0.05, 0) is 0 Å². The summed E-state index contributed by atoms with van der Waals surface area (Å²) in [6, 6.07) is 7.75. The van der Waals surface area contributed by atoms with Crippen molar-refractivity contribution >= 4 is 43.0 Å². The Morgan fingerprint density at radius 2 is 1.60 bits per heavy atom. The number of benzene rings is 1. The number of hydrogen-bond donors (Lipinski definition) is 0. The SMILES string of the molecule is Clc1c[c-]cc(Cl)c1.[Zn+][I]. The van der Waals surface area contributed by atoms with Crippen molar-refractivity contribution < 1.29 is 14.8 Å². The minimum absolute atomic E-state index is 0.623. The van der Waals surface area contributed by atoms with E-state index in [9.17, 15) is 0 Å². The molecule has 0 unspecified atom stereocenters. The monoisotopic (exact) mass is 336 g/mol. The van der Waals surface area contributed by atoms with E-state index >= 15 is 0 Å². The van der Waals surface area contributed by atoms with Crippen LogP contribution in [0.1, 0.15) is 0 Å². The maximum atomic E-state index is 5.53. The van der Waals surface area contributed by atoms with Gasteiger partial charge in [0.25, 0.3) is 0 Å². The molecule has 0 radical (unpaired) electrons. The van der Waals surface area contributed by atoms with Crippen molar-refractivity contribution in [1.82, 2.24) is 0 Å². The minimum atomic E-state index is 0.623. The van der Waals surface area contributed by atoms with Gasteiger partial charge in [-0.3, -0.25) is 0 Å². The molecule has 0 bridgehead atoms. The van der Waals surface area contributed by atoms with Crippen molar-refractivity contribution in [2.45, 2.75) is 0 Å². The summed E-state index contributed by atoms with van der Waals surface area (Å²) in [4.78, 5) is 0. The van der Waals surface area contributed by atoms with Crippen molar-refractivity contribution in [3.05, 3.63) is 34.3 Å². The number of rotatable bonds is 0. The fraction of sp³-hybridized carbons (Fsp3) is 0.